The van der Waals surface area contributed by atoms with Gasteiger partial charge < -0.3 is 15.5 Å². The Hall–Kier alpha value is -0.610. The van der Waals surface area contributed by atoms with E-state index in [2.05, 4.69) is 5.32 Å². The molecule has 0 bridgehead atoms. The van der Waals surface area contributed by atoms with E-state index in [9.17, 15) is 15.0 Å². The maximum absolute atomic E-state index is 11.8. The smallest absolute Gasteiger partial charge is 0.222 e. The summed E-state index contributed by atoms with van der Waals surface area (Å²) in [6.45, 7) is 3.94. The molecule has 106 valence electrons. The lowest BCUT2D eigenvalue weighted by Gasteiger charge is -2.25. The van der Waals surface area contributed by atoms with Gasteiger partial charge in [-0.15, -0.1) is 0 Å². The van der Waals surface area contributed by atoms with Crippen molar-refractivity contribution in [3.63, 3.8) is 0 Å². The Balaban J connectivity index is 2.45. The van der Waals surface area contributed by atoms with Crippen LogP contribution in [0.15, 0.2) is 0 Å². The van der Waals surface area contributed by atoms with Gasteiger partial charge in [-0.3, -0.25) is 4.79 Å². The van der Waals surface area contributed by atoms with Crippen LogP contribution in [-0.2, 0) is 4.79 Å². The van der Waals surface area contributed by atoms with Crippen molar-refractivity contribution in [2.75, 3.05) is 6.61 Å². The second kappa shape index (κ2) is 7.74. The molecular formula is C14H27NO3. The predicted molar refractivity (Wildman–Crippen MR) is 71.1 cm³/mol. The Morgan fingerprint density at radius 3 is 2.56 bits per heavy atom. The number of nitrogens with one attached hydrogen (secondary N) is 1. The Kier molecular flexibility index (Phi) is 6.65. The number of aliphatic hydroxyl groups excluding tert-OH is 2. The fraction of sp³-hybridized carbons (Fsp3) is 0.929. The van der Waals surface area contributed by atoms with Crippen molar-refractivity contribution in [2.24, 2.45) is 11.8 Å². The summed E-state index contributed by atoms with van der Waals surface area (Å²) in [5, 5.41) is 22.1. The molecule has 0 spiro atoms. The predicted octanol–water partition coefficient (Wildman–Crippen LogP) is 1.45. The van der Waals surface area contributed by atoms with Crippen LogP contribution in [-0.4, -0.2) is 34.9 Å². The highest BCUT2D eigenvalue weighted by molar-refractivity contribution is 5.76. The van der Waals surface area contributed by atoms with E-state index < -0.39 is 6.10 Å². The van der Waals surface area contributed by atoms with Gasteiger partial charge in [-0.1, -0.05) is 33.1 Å². The topological polar surface area (TPSA) is 69.6 Å². The highest BCUT2D eigenvalue weighted by Crippen LogP contribution is 2.23. The van der Waals surface area contributed by atoms with E-state index in [0.717, 1.165) is 25.7 Å². The van der Waals surface area contributed by atoms with E-state index in [-0.39, 0.29) is 36.8 Å². The Bertz CT molecular complexity index is 255. The Labute approximate surface area is 110 Å². The molecular weight excluding hydrogens is 230 g/mol. The summed E-state index contributed by atoms with van der Waals surface area (Å²) in [7, 11) is 0. The van der Waals surface area contributed by atoms with Crippen LogP contribution in [0, 0.1) is 11.8 Å². The molecule has 1 aliphatic carbocycles. The summed E-state index contributed by atoms with van der Waals surface area (Å²) < 4.78 is 0. The maximum atomic E-state index is 11.8. The lowest BCUT2D eigenvalue weighted by atomic mass is 9.95. The van der Waals surface area contributed by atoms with E-state index >= 15 is 0 Å². The lowest BCUT2D eigenvalue weighted by Crippen LogP contribution is -2.42. The summed E-state index contributed by atoms with van der Waals surface area (Å²) in [5.74, 6) is 0.174. The second-order valence-corrected chi connectivity index (χ2v) is 5.77. The first kappa shape index (κ1) is 15.4. The highest BCUT2D eigenvalue weighted by atomic mass is 16.3. The molecule has 1 saturated carbocycles. The van der Waals surface area contributed by atoms with Gasteiger partial charge in [-0.2, -0.15) is 0 Å². The molecule has 0 radical (unpaired) electrons. The van der Waals surface area contributed by atoms with Crippen LogP contribution in [0.1, 0.15) is 52.4 Å². The number of carbonyl (C=O) groups excluding carboxylic acids is 1. The SMILES string of the molecule is CC(C)C(O)CC(=O)NC1CCCCCC1CO. The van der Waals surface area contributed by atoms with Gasteiger partial charge >= 0.3 is 0 Å². The van der Waals surface area contributed by atoms with E-state index in [0.29, 0.717) is 0 Å². The Morgan fingerprint density at radius 2 is 1.94 bits per heavy atom. The van der Waals surface area contributed by atoms with Crippen LogP contribution < -0.4 is 5.32 Å². The van der Waals surface area contributed by atoms with E-state index in [1.807, 2.05) is 13.8 Å². The van der Waals surface area contributed by atoms with E-state index in [4.69, 9.17) is 0 Å². The van der Waals surface area contributed by atoms with Gasteiger partial charge in [0.2, 0.25) is 5.91 Å². The molecule has 0 heterocycles. The molecule has 18 heavy (non-hydrogen) atoms. The van der Waals surface area contributed by atoms with Crippen molar-refractivity contribution in [1.82, 2.24) is 5.32 Å². The zero-order valence-electron chi connectivity index (χ0n) is 11.6. The van der Waals surface area contributed by atoms with Crippen molar-refractivity contribution < 1.29 is 15.0 Å². The van der Waals surface area contributed by atoms with Crippen molar-refractivity contribution in [1.29, 1.82) is 0 Å². The normalized spacial score (nSPS) is 26.7. The number of rotatable bonds is 5. The van der Waals surface area contributed by atoms with Gasteiger partial charge in [0.25, 0.3) is 0 Å². The molecule has 1 aliphatic rings. The largest absolute Gasteiger partial charge is 0.396 e. The van der Waals surface area contributed by atoms with Gasteiger partial charge in [0.1, 0.15) is 0 Å². The molecule has 3 unspecified atom stereocenters. The molecule has 3 atom stereocenters. The minimum atomic E-state index is -0.580. The van der Waals surface area contributed by atoms with Crippen molar-refractivity contribution in [3.05, 3.63) is 0 Å². The summed E-state index contributed by atoms with van der Waals surface area (Å²) in [5.41, 5.74) is 0. The Morgan fingerprint density at radius 1 is 1.28 bits per heavy atom. The van der Waals surface area contributed by atoms with Gasteiger partial charge in [-0.25, -0.2) is 0 Å². The molecule has 0 aliphatic heterocycles. The lowest BCUT2D eigenvalue weighted by molar-refractivity contribution is -0.124. The second-order valence-electron chi connectivity index (χ2n) is 5.77. The highest BCUT2D eigenvalue weighted by Gasteiger charge is 2.25. The quantitative estimate of drug-likeness (QED) is 0.653. The average Bonchev–Trinajstić information content (AvgIpc) is 2.53. The summed E-state index contributed by atoms with van der Waals surface area (Å²) in [4.78, 5) is 11.8. The maximum Gasteiger partial charge on any atom is 0.222 e. The molecule has 0 aromatic carbocycles. The van der Waals surface area contributed by atoms with Crippen LogP contribution in [0.5, 0.6) is 0 Å². The number of aliphatic hydroxyl groups is 2. The molecule has 1 amide bonds. The monoisotopic (exact) mass is 257 g/mol. The van der Waals surface area contributed by atoms with Crippen LogP contribution in [0.2, 0.25) is 0 Å². The van der Waals surface area contributed by atoms with Crippen molar-refractivity contribution in [3.8, 4) is 0 Å². The van der Waals surface area contributed by atoms with Crippen molar-refractivity contribution >= 4 is 5.91 Å². The zero-order valence-corrected chi connectivity index (χ0v) is 11.6. The number of hydrogen-bond donors (Lipinski definition) is 3. The molecule has 0 aromatic rings. The molecule has 0 aromatic heterocycles. The van der Waals surface area contributed by atoms with Crippen LogP contribution in [0.3, 0.4) is 0 Å². The third kappa shape index (κ3) is 4.94. The van der Waals surface area contributed by atoms with Crippen LogP contribution >= 0.6 is 0 Å². The van der Waals surface area contributed by atoms with Gasteiger partial charge in [0.05, 0.1) is 12.5 Å². The zero-order chi connectivity index (χ0) is 13.5. The van der Waals surface area contributed by atoms with Gasteiger partial charge in [0.15, 0.2) is 0 Å². The van der Waals surface area contributed by atoms with E-state index in [1.54, 1.807) is 0 Å². The van der Waals surface area contributed by atoms with Gasteiger partial charge in [0, 0.05) is 18.6 Å². The molecule has 1 rings (SSSR count). The third-order valence-corrected chi connectivity index (χ3v) is 3.90. The fourth-order valence-corrected chi connectivity index (χ4v) is 2.48. The number of carbonyl (C=O) groups is 1. The van der Waals surface area contributed by atoms with E-state index in [1.165, 1.54) is 6.42 Å². The number of hydrogen-bond acceptors (Lipinski definition) is 3. The average molecular weight is 257 g/mol. The summed E-state index contributed by atoms with van der Waals surface area (Å²) >= 11 is 0. The molecule has 3 N–H and O–H groups in total. The van der Waals surface area contributed by atoms with Gasteiger partial charge in [-0.05, 0) is 18.8 Å². The van der Waals surface area contributed by atoms with Crippen molar-refractivity contribution in [2.45, 2.75) is 64.5 Å². The third-order valence-electron chi connectivity index (χ3n) is 3.90. The fourth-order valence-electron chi connectivity index (χ4n) is 2.48. The molecule has 4 heteroatoms. The van der Waals surface area contributed by atoms with Crippen LogP contribution in [0.4, 0.5) is 0 Å². The molecule has 1 fully saturated rings. The minimum absolute atomic E-state index is 0.0735. The molecule has 4 nitrogen and oxygen atoms in total. The standard InChI is InChI=1S/C14H27NO3/c1-10(2)13(17)8-14(18)15-12-7-5-3-4-6-11(12)9-16/h10-13,16-17H,3-9H2,1-2H3,(H,15,18). The first-order valence-electron chi connectivity index (χ1n) is 7.13. The summed E-state index contributed by atoms with van der Waals surface area (Å²) in [6.07, 6.45) is 4.91. The first-order chi connectivity index (χ1) is 8.54. The number of amides is 1. The van der Waals surface area contributed by atoms with Crippen LogP contribution in [0.25, 0.3) is 0 Å². The minimum Gasteiger partial charge on any atom is -0.396 e. The first-order valence-corrected chi connectivity index (χ1v) is 7.13. The summed E-state index contributed by atoms with van der Waals surface area (Å²) in [6, 6.07) is 0.0735. The molecule has 0 saturated heterocycles.